The van der Waals surface area contributed by atoms with Crippen molar-refractivity contribution in [3.63, 3.8) is 0 Å². The van der Waals surface area contributed by atoms with Crippen LogP contribution < -0.4 is 10.6 Å². The highest BCUT2D eigenvalue weighted by Gasteiger charge is 2.31. The molecule has 3 rings (SSSR count). The minimum absolute atomic E-state index is 0.0106. The first-order chi connectivity index (χ1) is 16.1. The number of hydrogen-bond donors (Lipinski definition) is 3. The number of carbonyl (C=O) groups is 3. The van der Waals surface area contributed by atoms with Crippen LogP contribution in [0.15, 0.2) is 48.5 Å². The van der Waals surface area contributed by atoms with Crippen LogP contribution in [-0.2, 0) is 14.3 Å². The smallest absolute Gasteiger partial charge is 0.407 e. The van der Waals surface area contributed by atoms with Crippen LogP contribution in [0.5, 0.6) is 0 Å². The first kappa shape index (κ1) is 25.3. The number of rotatable bonds is 10. The van der Waals surface area contributed by atoms with E-state index in [9.17, 15) is 19.5 Å². The van der Waals surface area contributed by atoms with Crippen LogP contribution in [0.1, 0.15) is 51.2 Å². The Balaban J connectivity index is 1.47. The highest BCUT2D eigenvalue weighted by Crippen LogP contribution is 2.44. The van der Waals surface area contributed by atoms with E-state index in [0.717, 1.165) is 11.1 Å². The summed E-state index contributed by atoms with van der Waals surface area (Å²) in [7, 11) is 0. The van der Waals surface area contributed by atoms with Crippen LogP contribution in [-0.4, -0.2) is 42.8 Å². The van der Waals surface area contributed by atoms with Gasteiger partial charge in [0.25, 0.3) is 0 Å². The van der Waals surface area contributed by atoms with Crippen LogP contribution >= 0.6 is 0 Å². The summed E-state index contributed by atoms with van der Waals surface area (Å²) in [6, 6.07) is 16.3. The summed E-state index contributed by atoms with van der Waals surface area (Å²) in [6.07, 6.45) is -0.133. The fourth-order valence-electron chi connectivity index (χ4n) is 4.29. The lowest BCUT2D eigenvalue weighted by molar-refractivity contribution is -0.143. The van der Waals surface area contributed by atoms with Gasteiger partial charge >= 0.3 is 12.1 Å². The van der Waals surface area contributed by atoms with E-state index in [4.69, 9.17) is 4.74 Å². The van der Waals surface area contributed by atoms with Gasteiger partial charge in [-0.15, -0.1) is 0 Å². The topological polar surface area (TPSA) is 105 Å². The maximum absolute atomic E-state index is 12.6. The molecule has 0 bridgehead atoms. The first-order valence-corrected chi connectivity index (χ1v) is 11.7. The maximum Gasteiger partial charge on any atom is 0.407 e. The van der Waals surface area contributed by atoms with Gasteiger partial charge in [-0.05, 0) is 34.6 Å². The number of carboxylic acid groups (broad SMARTS) is 1. The Hall–Kier alpha value is -3.35. The van der Waals surface area contributed by atoms with Gasteiger partial charge in [-0.2, -0.15) is 0 Å². The Morgan fingerprint density at radius 1 is 0.971 bits per heavy atom. The fraction of sp³-hybridized carbons (Fsp3) is 0.444. The zero-order valence-corrected chi connectivity index (χ0v) is 20.3. The van der Waals surface area contributed by atoms with Gasteiger partial charge in [0.15, 0.2) is 0 Å². The van der Waals surface area contributed by atoms with Crippen molar-refractivity contribution >= 4 is 18.0 Å². The summed E-state index contributed by atoms with van der Waals surface area (Å²) in [5, 5.41) is 14.8. The number of alkyl carbamates (subject to hydrolysis) is 1. The van der Waals surface area contributed by atoms with Crippen molar-refractivity contribution in [1.29, 1.82) is 0 Å². The van der Waals surface area contributed by atoms with Crippen molar-refractivity contribution in [2.75, 3.05) is 19.7 Å². The SMILES string of the molecule is CC(C)C(CNC(=O)C(C)(C)CCNC(=O)OCC1c2ccccc2-c2ccccc21)C(=O)O. The molecule has 0 spiro atoms. The van der Waals surface area contributed by atoms with Gasteiger partial charge in [-0.3, -0.25) is 9.59 Å². The lowest BCUT2D eigenvalue weighted by Gasteiger charge is -2.25. The van der Waals surface area contributed by atoms with E-state index in [0.29, 0.717) is 6.42 Å². The predicted octanol–water partition coefficient (Wildman–Crippen LogP) is 4.41. The molecular formula is C27H34N2O5. The average molecular weight is 467 g/mol. The molecule has 0 fully saturated rings. The molecule has 1 atom stereocenters. The second-order valence-corrected chi connectivity index (χ2v) is 9.78. The minimum atomic E-state index is -0.926. The van der Waals surface area contributed by atoms with E-state index < -0.39 is 23.4 Å². The van der Waals surface area contributed by atoms with E-state index in [2.05, 4.69) is 34.9 Å². The van der Waals surface area contributed by atoms with Crippen LogP contribution in [0.3, 0.4) is 0 Å². The van der Waals surface area contributed by atoms with Crippen LogP contribution in [0.2, 0.25) is 0 Å². The molecule has 0 radical (unpaired) electrons. The lowest BCUT2D eigenvalue weighted by Crippen LogP contribution is -2.43. The Morgan fingerprint density at radius 3 is 2.06 bits per heavy atom. The summed E-state index contributed by atoms with van der Waals surface area (Å²) in [5.41, 5.74) is 3.87. The molecule has 7 nitrogen and oxygen atoms in total. The lowest BCUT2D eigenvalue weighted by atomic mass is 9.87. The second kappa shape index (κ2) is 10.7. The second-order valence-electron chi connectivity index (χ2n) is 9.78. The van der Waals surface area contributed by atoms with Crippen molar-refractivity contribution in [3.05, 3.63) is 59.7 Å². The van der Waals surface area contributed by atoms with Crippen molar-refractivity contribution < 1.29 is 24.2 Å². The van der Waals surface area contributed by atoms with E-state index >= 15 is 0 Å². The van der Waals surface area contributed by atoms with Crippen LogP contribution in [0.25, 0.3) is 11.1 Å². The Bertz CT molecular complexity index is 1000. The molecule has 0 heterocycles. The van der Waals surface area contributed by atoms with Crippen molar-refractivity contribution in [3.8, 4) is 11.1 Å². The maximum atomic E-state index is 12.6. The van der Waals surface area contributed by atoms with Gasteiger partial charge in [-0.25, -0.2) is 4.79 Å². The van der Waals surface area contributed by atoms with E-state index in [-0.39, 0.29) is 37.4 Å². The molecule has 1 aliphatic carbocycles. The number of carbonyl (C=O) groups excluding carboxylic acids is 2. The van der Waals surface area contributed by atoms with Gasteiger partial charge in [0.2, 0.25) is 5.91 Å². The van der Waals surface area contributed by atoms with Gasteiger partial charge < -0.3 is 20.5 Å². The molecule has 0 aliphatic heterocycles. The summed E-state index contributed by atoms with van der Waals surface area (Å²) in [6.45, 7) is 7.75. The average Bonchev–Trinajstić information content (AvgIpc) is 3.11. The number of carboxylic acids is 1. The molecule has 7 heteroatoms. The molecule has 1 unspecified atom stereocenters. The number of benzene rings is 2. The van der Waals surface area contributed by atoms with Crippen LogP contribution in [0.4, 0.5) is 4.79 Å². The summed E-state index contributed by atoms with van der Waals surface area (Å²) in [5.74, 6) is -1.91. The fourth-order valence-corrected chi connectivity index (χ4v) is 4.29. The molecule has 2 aromatic rings. The largest absolute Gasteiger partial charge is 0.481 e. The predicted molar refractivity (Wildman–Crippen MR) is 130 cm³/mol. The highest BCUT2D eigenvalue weighted by atomic mass is 16.5. The third-order valence-corrected chi connectivity index (χ3v) is 6.58. The third-order valence-electron chi connectivity index (χ3n) is 6.58. The molecule has 182 valence electrons. The highest BCUT2D eigenvalue weighted by molar-refractivity contribution is 5.82. The molecule has 2 amide bonds. The number of hydrogen-bond acceptors (Lipinski definition) is 4. The number of aliphatic carboxylic acids is 1. The van der Waals surface area contributed by atoms with E-state index in [1.807, 2.05) is 38.1 Å². The Morgan fingerprint density at radius 2 is 1.53 bits per heavy atom. The number of ether oxygens (including phenoxy) is 1. The molecule has 0 aromatic heterocycles. The zero-order valence-electron chi connectivity index (χ0n) is 20.3. The molecule has 34 heavy (non-hydrogen) atoms. The Labute approximate surface area is 200 Å². The van der Waals surface area contributed by atoms with Crippen molar-refractivity contribution in [2.24, 2.45) is 17.3 Å². The summed E-state index contributed by atoms with van der Waals surface area (Å²) >= 11 is 0. The van der Waals surface area contributed by atoms with Crippen molar-refractivity contribution in [1.82, 2.24) is 10.6 Å². The zero-order chi connectivity index (χ0) is 24.9. The number of amides is 2. The van der Waals surface area contributed by atoms with Gasteiger partial charge in [0.1, 0.15) is 6.61 Å². The molecule has 1 aliphatic rings. The normalized spacial score (nSPS) is 13.7. The molecule has 0 saturated heterocycles. The number of fused-ring (bicyclic) bond motifs is 3. The molecule has 2 aromatic carbocycles. The molecular weight excluding hydrogens is 432 g/mol. The number of nitrogens with one attached hydrogen (secondary N) is 2. The van der Waals surface area contributed by atoms with E-state index in [1.165, 1.54) is 11.1 Å². The van der Waals surface area contributed by atoms with Gasteiger partial charge in [0.05, 0.1) is 5.92 Å². The van der Waals surface area contributed by atoms with Crippen molar-refractivity contribution in [2.45, 2.75) is 40.0 Å². The third kappa shape index (κ3) is 5.76. The van der Waals surface area contributed by atoms with Gasteiger partial charge in [0, 0.05) is 24.4 Å². The standard InChI is InChI=1S/C27H34N2O5/c1-17(2)22(24(30)31)15-29-25(32)27(3,4)13-14-28-26(33)34-16-23-20-11-7-5-9-18(20)19-10-6-8-12-21(19)23/h5-12,17,22-23H,13-16H2,1-4H3,(H,28,33)(H,29,32)(H,30,31). The molecule has 0 saturated carbocycles. The molecule has 3 N–H and O–H groups in total. The first-order valence-electron chi connectivity index (χ1n) is 11.7. The summed E-state index contributed by atoms with van der Waals surface area (Å²) < 4.78 is 5.53. The minimum Gasteiger partial charge on any atom is -0.481 e. The quantitative estimate of drug-likeness (QED) is 0.481. The van der Waals surface area contributed by atoms with E-state index in [1.54, 1.807) is 13.8 Å². The Kier molecular flexibility index (Phi) is 7.97. The summed E-state index contributed by atoms with van der Waals surface area (Å²) in [4.78, 5) is 36.3. The van der Waals surface area contributed by atoms with Crippen LogP contribution in [0, 0.1) is 17.3 Å². The monoisotopic (exact) mass is 466 g/mol. The van der Waals surface area contributed by atoms with Gasteiger partial charge in [-0.1, -0.05) is 76.2 Å².